The van der Waals surface area contributed by atoms with Crippen molar-refractivity contribution in [1.82, 2.24) is 14.6 Å². The molecule has 102 valence electrons. The summed E-state index contributed by atoms with van der Waals surface area (Å²) in [5, 5.41) is 7.94. The molecule has 1 aliphatic carbocycles. The summed E-state index contributed by atoms with van der Waals surface area (Å²) in [6.07, 6.45) is 8.68. The zero-order valence-electron chi connectivity index (χ0n) is 11.1. The number of hydrogen-bond donors (Lipinski definition) is 1. The molecule has 5 heteroatoms. The highest BCUT2D eigenvalue weighted by molar-refractivity contribution is 9.10. The molecule has 3 rings (SSSR count). The number of rotatable bonds is 3. The predicted molar refractivity (Wildman–Crippen MR) is 80.3 cm³/mol. The van der Waals surface area contributed by atoms with Crippen molar-refractivity contribution in [2.75, 3.05) is 5.32 Å². The molecule has 0 radical (unpaired) electrons. The third kappa shape index (κ3) is 2.76. The Kier molecular flexibility index (Phi) is 3.73. The van der Waals surface area contributed by atoms with E-state index in [2.05, 4.69) is 38.3 Å². The highest BCUT2D eigenvalue weighted by atomic mass is 79.9. The van der Waals surface area contributed by atoms with Gasteiger partial charge in [-0.25, -0.2) is 4.52 Å². The van der Waals surface area contributed by atoms with Gasteiger partial charge in [-0.15, -0.1) is 5.10 Å². The van der Waals surface area contributed by atoms with E-state index in [1.165, 1.54) is 32.1 Å². The van der Waals surface area contributed by atoms with E-state index in [1.807, 2.05) is 18.3 Å². The fourth-order valence-corrected chi connectivity index (χ4v) is 3.31. The van der Waals surface area contributed by atoms with Gasteiger partial charge in [-0.1, -0.05) is 19.3 Å². The van der Waals surface area contributed by atoms with Gasteiger partial charge < -0.3 is 5.32 Å². The molecule has 19 heavy (non-hydrogen) atoms. The Morgan fingerprint density at radius 1 is 1.37 bits per heavy atom. The first kappa shape index (κ1) is 12.9. The highest BCUT2D eigenvalue weighted by Gasteiger charge is 2.21. The number of fused-ring (bicyclic) bond motifs is 1. The van der Waals surface area contributed by atoms with Gasteiger partial charge in [0.05, 0.1) is 4.47 Å². The molecule has 2 aromatic heterocycles. The van der Waals surface area contributed by atoms with E-state index < -0.39 is 0 Å². The van der Waals surface area contributed by atoms with Gasteiger partial charge in [0.15, 0.2) is 5.65 Å². The molecule has 0 spiro atoms. The van der Waals surface area contributed by atoms with E-state index in [-0.39, 0.29) is 0 Å². The molecule has 0 saturated heterocycles. The Morgan fingerprint density at radius 2 is 2.16 bits per heavy atom. The number of nitrogens with zero attached hydrogens (tertiary/aromatic N) is 3. The minimum atomic E-state index is 0.441. The number of pyridine rings is 1. The average molecular weight is 323 g/mol. The first-order valence-corrected chi connectivity index (χ1v) is 7.81. The van der Waals surface area contributed by atoms with Gasteiger partial charge in [0, 0.05) is 12.2 Å². The van der Waals surface area contributed by atoms with Crippen LogP contribution in [0.4, 0.5) is 5.95 Å². The number of anilines is 1. The molecular weight excluding hydrogens is 304 g/mol. The van der Waals surface area contributed by atoms with E-state index in [0.717, 1.165) is 22.0 Å². The van der Waals surface area contributed by atoms with Crippen molar-refractivity contribution < 1.29 is 0 Å². The van der Waals surface area contributed by atoms with Crippen molar-refractivity contribution in [1.29, 1.82) is 0 Å². The van der Waals surface area contributed by atoms with Crippen LogP contribution in [0.3, 0.4) is 0 Å². The van der Waals surface area contributed by atoms with Crippen LogP contribution < -0.4 is 5.32 Å². The Hall–Kier alpha value is -1.10. The second-order valence-electron chi connectivity index (χ2n) is 5.39. The SMILES string of the molecule is CC(Nc1nc2c(Br)cccn2n1)C1CCCCC1. The van der Waals surface area contributed by atoms with Crippen LogP contribution in [0.5, 0.6) is 0 Å². The first-order chi connectivity index (χ1) is 9.24. The lowest BCUT2D eigenvalue weighted by Crippen LogP contribution is -2.28. The van der Waals surface area contributed by atoms with Crippen LogP contribution >= 0.6 is 15.9 Å². The molecule has 4 nitrogen and oxygen atoms in total. The van der Waals surface area contributed by atoms with E-state index in [4.69, 9.17) is 0 Å². The van der Waals surface area contributed by atoms with Crippen LogP contribution in [0, 0.1) is 5.92 Å². The molecule has 1 N–H and O–H groups in total. The van der Waals surface area contributed by atoms with Gasteiger partial charge in [-0.3, -0.25) is 0 Å². The second-order valence-corrected chi connectivity index (χ2v) is 6.25. The summed E-state index contributed by atoms with van der Waals surface area (Å²) in [6, 6.07) is 4.38. The van der Waals surface area contributed by atoms with Crippen molar-refractivity contribution in [3.05, 3.63) is 22.8 Å². The van der Waals surface area contributed by atoms with Crippen LogP contribution in [-0.2, 0) is 0 Å². The third-order valence-corrected chi connectivity index (χ3v) is 4.65. The maximum atomic E-state index is 4.54. The maximum Gasteiger partial charge on any atom is 0.243 e. The quantitative estimate of drug-likeness (QED) is 0.932. The molecule has 1 saturated carbocycles. The summed E-state index contributed by atoms with van der Waals surface area (Å²) in [5.74, 6) is 1.48. The lowest BCUT2D eigenvalue weighted by Gasteiger charge is -2.27. The predicted octanol–water partition coefficient (Wildman–Crippen LogP) is 3.87. The standard InChI is InChI=1S/C14H19BrN4/c1-10(11-6-3-2-4-7-11)16-14-17-13-12(15)8-5-9-19(13)18-14/h5,8-11H,2-4,6-7H2,1H3,(H,16,18). The molecule has 1 unspecified atom stereocenters. The maximum absolute atomic E-state index is 4.54. The lowest BCUT2D eigenvalue weighted by molar-refractivity contribution is 0.327. The Morgan fingerprint density at radius 3 is 2.89 bits per heavy atom. The number of hydrogen-bond acceptors (Lipinski definition) is 3. The van der Waals surface area contributed by atoms with Crippen LogP contribution in [-0.4, -0.2) is 20.6 Å². The van der Waals surface area contributed by atoms with Crippen LogP contribution in [0.1, 0.15) is 39.0 Å². The van der Waals surface area contributed by atoms with Crippen molar-refractivity contribution in [2.24, 2.45) is 5.92 Å². The van der Waals surface area contributed by atoms with Gasteiger partial charge in [-0.2, -0.15) is 4.98 Å². The highest BCUT2D eigenvalue weighted by Crippen LogP contribution is 2.27. The zero-order valence-corrected chi connectivity index (χ0v) is 12.7. The normalized spacial score (nSPS) is 18.6. The van der Waals surface area contributed by atoms with Crippen molar-refractivity contribution >= 4 is 27.5 Å². The summed E-state index contributed by atoms with van der Waals surface area (Å²) < 4.78 is 2.78. The monoisotopic (exact) mass is 322 g/mol. The van der Waals surface area contributed by atoms with Crippen LogP contribution in [0.15, 0.2) is 22.8 Å². The molecule has 2 heterocycles. The number of nitrogens with one attached hydrogen (secondary N) is 1. The lowest BCUT2D eigenvalue weighted by atomic mass is 9.85. The van der Waals surface area contributed by atoms with Gasteiger partial charge in [0.2, 0.25) is 5.95 Å². The summed E-state index contributed by atoms with van der Waals surface area (Å²) >= 11 is 3.50. The molecule has 0 amide bonds. The minimum Gasteiger partial charge on any atom is -0.350 e. The molecular formula is C14H19BrN4. The van der Waals surface area contributed by atoms with E-state index in [0.29, 0.717) is 6.04 Å². The van der Waals surface area contributed by atoms with E-state index >= 15 is 0 Å². The van der Waals surface area contributed by atoms with Gasteiger partial charge in [0.1, 0.15) is 0 Å². The molecule has 0 aromatic carbocycles. The smallest absolute Gasteiger partial charge is 0.243 e. The third-order valence-electron chi connectivity index (χ3n) is 4.03. The Bertz CT molecular complexity index is 560. The summed E-state index contributed by atoms with van der Waals surface area (Å²) in [6.45, 7) is 2.25. The largest absolute Gasteiger partial charge is 0.350 e. The Labute approximate surface area is 121 Å². The zero-order chi connectivity index (χ0) is 13.2. The van der Waals surface area contributed by atoms with Gasteiger partial charge in [-0.05, 0) is 53.7 Å². The second kappa shape index (κ2) is 5.49. The molecule has 1 fully saturated rings. The average Bonchev–Trinajstić information content (AvgIpc) is 2.84. The minimum absolute atomic E-state index is 0.441. The molecule has 0 aliphatic heterocycles. The summed E-state index contributed by atoms with van der Waals surface area (Å²) in [5.41, 5.74) is 0.862. The first-order valence-electron chi connectivity index (χ1n) is 7.01. The van der Waals surface area contributed by atoms with Crippen LogP contribution in [0.2, 0.25) is 0 Å². The van der Waals surface area contributed by atoms with Crippen molar-refractivity contribution in [3.8, 4) is 0 Å². The fourth-order valence-electron chi connectivity index (χ4n) is 2.89. The van der Waals surface area contributed by atoms with Crippen LogP contribution in [0.25, 0.3) is 5.65 Å². The Balaban J connectivity index is 1.75. The van der Waals surface area contributed by atoms with E-state index in [1.54, 1.807) is 4.52 Å². The van der Waals surface area contributed by atoms with Crippen molar-refractivity contribution in [2.45, 2.75) is 45.1 Å². The molecule has 1 aliphatic rings. The summed E-state index contributed by atoms with van der Waals surface area (Å²) in [4.78, 5) is 4.54. The fraction of sp³-hybridized carbons (Fsp3) is 0.571. The number of halogens is 1. The molecule has 1 atom stereocenters. The molecule has 0 bridgehead atoms. The summed E-state index contributed by atoms with van der Waals surface area (Å²) in [7, 11) is 0. The van der Waals surface area contributed by atoms with Crippen molar-refractivity contribution in [3.63, 3.8) is 0 Å². The van der Waals surface area contributed by atoms with E-state index in [9.17, 15) is 0 Å². The van der Waals surface area contributed by atoms with Gasteiger partial charge in [0.25, 0.3) is 0 Å². The number of aromatic nitrogens is 3. The molecule has 2 aromatic rings. The van der Waals surface area contributed by atoms with Gasteiger partial charge >= 0.3 is 0 Å². The topological polar surface area (TPSA) is 42.2 Å².